The zero-order valence-electron chi connectivity index (χ0n) is 86.6. The maximum Gasteiger partial charge on any atom is -0.00102 e. The number of aryl methyl sites for hydroxylation is 3. The molecule has 0 heteroatoms. The molecule has 0 atom stereocenters. The molecule has 0 aliphatic heterocycles. The quantitative estimate of drug-likeness (QED) is 0.154. The van der Waals surface area contributed by atoms with Crippen LogP contribution in [-0.4, -0.2) is 0 Å². The van der Waals surface area contributed by atoms with Crippen molar-refractivity contribution in [1.29, 1.82) is 0 Å². The summed E-state index contributed by atoms with van der Waals surface area (Å²) in [5.74, 6) is 0. The Hall–Kier alpha value is -13.0. The lowest BCUT2D eigenvalue weighted by atomic mass is 9.96. The first kappa shape index (κ1) is 114. The van der Waals surface area contributed by atoms with Crippen molar-refractivity contribution < 1.29 is 0 Å². The van der Waals surface area contributed by atoms with Crippen LogP contribution in [0.4, 0.5) is 0 Å². The van der Waals surface area contributed by atoms with Gasteiger partial charge in [-0.1, -0.05) is 583 Å². The Morgan fingerprint density at radius 3 is 0.526 bits per heavy atom. The second kappa shape index (κ2) is 69.0. The van der Waals surface area contributed by atoms with Gasteiger partial charge in [0.2, 0.25) is 0 Å². The number of hydrogen-bond acceptors (Lipinski definition) is 0. The number of rotatable bonds is 1. The Bertz CT molecular complexity index is 5470. The summed E-state index contributed by atoms with van der Waals surface area (Å²) in [5.41, 5.74) is 41.8. The van der Waals surface area contributed by atoms with Crippen LogP contribution in [0.15, 0.2) is 419 Å². The predicted octanol–water partition coefficient (Wildman–Crippen LogP) is 40.7. The van der Waals surface area contributed by atoms with E-state index < -0.39 is 0 Å². The molecule has 0 heterocycles. The Morgan fingerprint density at radius 1 is 0.120 bits per heavy atom. The van der Waals surface area contributed by atoms with Crippen molar-refractivity contribution in [2.45, 2.75) is 225 Å². The van der Waals surface area contributed by atoms with Crippen LogP contribution < -0.4 is 0 Å². The average Bonchev–Trinajstić information content (AvgIpc) is 1.61. The Labute approximate surface area is 810 Å². The van der Waals surface area contributed by atoms with Gasteiger partial charge in [-0.3, -0.25) is 0 Å². The third-order valence-corrected chi connectivity index (χ3v) is 21.3. The molecule has 17 aromatic carbocycles. The summed E-state index contributed by atoms with van der Waals surface area (Å²) < 4.78 is 0. The van der Waals surface area contributed by atoms with E-state index in [0.29, 0.717) is 0 Å². The smallest absolute Gasteiger partial charge is 0.00102 e. The van der Waals surface area contributed by atoms with Crippen molar-refractivity contribution in [3.8, 4) is 77.9 Å². The van der Waals surface area contributed by atoms with E-state index in [2.05, 4.69) is 300 Å². The molecule has 0 unspecified atom stereocenters. The predicted molar refractivity (Wildman–Crippen MR) is 601 cm³/mol. The minimum Gasteiger partial charge on any atom is -0.0683 e. The van der Waals surface area contributed by atoms with Gasteiger partial charge in [0.1, 0.15) is 0 Å². The minimum atomic E-state index is 1.08. The van der Waals surface area contributed by atoms with Gasteiger partial charge in [0.25, 0.3) is 0 Å². The van der Waals surface area contributed by atoms with E-state index in [-0.39, 0.29) is 0 Å². The molecule has 6 aliphatic carbocycles. The molecule has 0 fully saturated rings. The molecule has 17 aromatic rings. The molecule has 133 heavy (non-hydrogen) atoms. The summed E-state index contributed by atoms with van der Waals surface area (Å²) in [7, 11) is 0. The van der Waals surface area contributed by atoms with Gasteiger partial charge in [-0.2, -0.15) is 0 Å². The maximum atomic E-state index is 2.43. The summed E-state index contributed by atoms with van der Waals surface area (Å²) >= 11 is 0. The fourth-order valence-electron chi connectivity index (χ4n) is 15.9. The molecule has 0 radical (unpaired) electrons. The first-order chi connectivity index (χ1) is 65.8. The lowest BCUT2D eigenvalue weighted by Crippen LogP contribution is -1.90. The van der Waals surface area contributed by atoms with Crippen LogP contribution in [0.5, 0.6) is 0 Å². The summed E-state index contributed by atoms with van der Waals surface area (Å²) in [6, 6.07) is 147. The lowest BCUT2D eigenvalue weighted by Gasteiger charge is -2.08. The molecule has 0 aromatic heterocycles. The number of fused-ring (bicyclic) bond motifs is 21. The van der Waals surface area contributed by atoms with E-state index >= 15 is 0 Å². The molecule has 0 amide bonds. The highest BCUT2D eigenvalue weighted by atomic mass is 14.3. The van der Waals surface area contributed by atoms with Crippen LogP contribution in [0, 0.1) is 20.8 Å². The zero-order valence-corrected chi connectivity index (χ0v) is 86.6. The van der Waals surface area contributed by atoms with Gasteiger partial charge < -0.3 is 0 Å². The average molecular weight is 1760 g/mol. The van der Waals surface area contributed by atoms with Crippen molar-refractivity contribution in [2.24, 2.45) is 0 Å². The van der Waals surface area contributed by atoms with Crippen LogP contribution >= 0.6 is 0 Å². The standard InChI is InChI=1S/C24H16.2C20H14.C12H10.3C7H8.2C6H6.12C2H6/c1-2-6-16-12-22-18(11-15(16)5-1)14-24-21(22)10-9-20-19-8-4-3-7-17(19)13-23(20)24;1-3-7-17-13(5-1)9-15-11-20-16(12-19(15)17)10-14-6-2-4-8-18(14)20;1-3-7-15-13(5-1)11-19-17(15)9-10-18-16-8-4-2-6-14(16)12-20(18)19;1-3-7-11(8-4-1)12-9-5-2-6-10-12;3*1-7-5-3-2-4-6-7;2*1-2-4-6-5-3-1;12*1-2/h1-12H,13-14H2;1-8,11-12H,9-10H2;1-10H,11-12H2;1-10H;3*2-6H,1H3;2*1-6H;12*1-2H3. The first-order valence-electron chi connectivity index (χ1n) is 50.4. The molecule has 0 nitrogen and oxygen atoms in total. The van der Waals surface area contributed by atoms with Crippen LogP contribution in [-0.2, 0) is 38.5 Å². The van der Waals surface area contributed by atoms with Gasteiger partial charge >= 0.3 is 0 Å². The molecule has 694 valence electrons. The van der Waals surface area contributed by atoms with Gasteiger partial charge in [-0.05, 0) is 233 Å². The Balaban J connectivity index is 0.000000388. The van der Waals surface area contributed by atoms with Crippen LogP contribution in [0.3, 0.4) is 0 Å². The van der Waals surface area contributed by atoms with Crippen LogP contribution in [0.2, 0.25) is 0 Å². The topological polar surface area (TPSA) is 0 Å². The maximum absolute atomic E-state index is 2.43. The third kappa shape index (κ3) is 34.0. The van der Waals surface area contributed by atoms with Crippen molar-refractivity contribution in [2.75, 3.05) is 0 Å². The summed E-state index contributed by atoms with van der Waals surface area (Å²) in [6.45, 7) is 54.3. The second-order valence-corrected chi connectivity index (χ2v) is 28.6. The minimum absolute atomic E-state index is 1.08. The molecule has 0 saturated carbocycles. The van der Waals surface area contributed by atoms with Crippen molar-refractivity contribution >= 4 is 10.8 Å². The van der Waals surface area contributed by atoms with E-state index in [1.54, 1.807) is 22.3 Å². The largest absolute Gasteiger partial charge is 0.0683 e. The molecule has 6 aliphatic rings. The van der Waals surface area contributed by atoms with E-state index in [1.165, 1.54) is 150 Å². The van der Waals surface area contributed by atoms with Gasteiger partial charge in [-0.25, -0.2) is 0 Å². The number of hydrogen-bond donors (Lipinski definition) is 0. The second-order valence-electron chi connectivity index (χ2n) is 28.6. The molecular formula is C133H162. The van der Waals surface area contributed by atoms with Crippen molar-refractivity contribution in [3.63, 3.8) is 0 Å². The van der Waals surface area contributed by atoms with Gasteiger partial charge in [0.15, 0.2) is 0 Å². The van der Waals surface area contributed by atoms with Crippen LogP contribution in [0.25, 0.3) is 88.7 Å². The Kier molecular flexibility index (Phi) is 59.2. The van der Waals surface area contributed by atoms with Gasteiger partial charge in [0, 0.05) is 0 Å². The summed E-state index contributed by atoms with van der Waals surface area (Å²) in [4.78, 5) is 0. The SMILES string of the molecule is CC.CC.CC.CC.CC.CC.CC.CC.CC.CC.CC.CC.Cc1ccccc1.Cc1ccccc1.Cc1ccccc1.c1ccc(-c2ccccc2)cc1.c1ccc2c(c1)Cc1c-2ccc2c1Cc1cc3ccccc3cc1-2.c1ccc2c(c1)Cc1c-2ccc2c1Cc1ccccc1-2.c1ccc2c(c1)Cc1cc3c(cc1-2)Cc1ccccc1-3.c1ccccc1.c1ccccc1. The normalized spacial score (nSPS) is 10.0. The van der Waals surface area contributed by atoms with E-state index in [4.69, 9.17) is 0 Å². The molecular weight excluding hydrogens is 1600 g/mol. The fraction of sp³-hybridized carbons (Fsp3) is 0.248. The zero-order chi connectivity index (χ0) is 97.9. The monoisotopic (exact) mass is 1760 g/mol. The first-order valence-corrected chi connectivity index (χ1v) is 50.4. The highest BCUT2D eigenvalue weighted by molar-refractivity contribution is 5.95. The summed E-state index contributed by atoms with van der Waals surface area (Å²) in [6.07, 6.45) is 6.53. The molecule has 0 spiro atoms. The summed E-state index contributed by atoms with van der Waals surface area (Å²) in [5, 5.41) is 2.69. The highest BCUT2D eigenvalue weighted by Gasteiger charge is 2.30. The molecule has 0 saturated heterocycles. The van der Waals surface area contributed by atoms with E-state index in [1.807, 2.05) is 306 Å². The van der Waals surface area contributed by atoms with E-state index in [0.717, 1.165) is 38.5 Å². The van der Waals surface area contributed by atoms with Gasteiger partial charge in [0.05, 0.1) is 0 Å². The molecule has 23 rings (SSSR count). The van der Waals surface area contributed by atoms with Crippen molar-refractivity contribution in [1.82, 2.24) is 0 Å². The van der Waals surface area contributed by atoms with E-state index in [9.17, 15) is 0 Å². The third-order valence-electron chi connectivity index (χ3n) is 21.3. The lowest BCUT2D eigenvalue weighted by molar-refractivity contribution is 1.16. The highest BCUT2D eigenvalue weighted by Crippen LogP contribution is 2.50. The Morgan fingerprint density at radius 2 is 0.286 bits per heavy atom. The fourth-order valence-corrected chi connectivity index (χ4v) is 15.9. The molecule has 0 N–H and O–H groups in total. The molecule has 0 bridgehead atoms. The number of benzene rings is 17. The van der Waals surface area contributed by atoms with Crippen molar-refractivity contribution in [3.05, 3.63) is 502 Å². The van der Waals surface area contributed by atoms with Crippen LogP contribution in [0.1, 0.15) is 250 Å². The van der Waals surface area contributed by atoms with Gasteiger partial charge in [-0.15, -0.1) is 0 Å².